The van der Waals surface area contributed by atoms with Gasteiger partial charge in [-0.3, -0.25) is 4.90 Å². The fourth-order valence-electron chi connectivity index (χ4n) is 1.66. The first-order chi connectivity index (χ1) is 7.81. The van der Waals surface area contributed by atoms with Crippen molar-refractivity contribution < 1.29 is 14.6 Å². The van der Waals surface area contributed by atoms with Crippen molar-refractivity contribution in [1.82, 2.24) is 4.90 Å². The van der Waals surface area contributed by atoms with Crippen LogP contribution in [0.4, 0.5) is 0 Å². The first-order valence-electron chi connectivity index (χ1n) is 5.40. The Morgan fingerprint density at radius 1 is 1.53 bits per heavy atom. The molecule has 0 aliphatic rings. The fraction of sp³-hybridized carbons (Fsp3) is 0.583. The number of carbonyl (C=O) groups excluding carboxylic acids is 1. The molecule has 1 heterocycles. The lowest BCUT2D eigenvalue weighted by Gasteiger charge is -2.24. The highest BCUT2D eigenvalue weighted by Gasteiger charge is 2.16. The van der Waals surface area contributed by atoms with Crippen LogP contribution in [0, 0.1) is 0 Å². The second kappa shape index (κ2) is 5.62. The minimum Gasteiger partial charge on any atom is -0.465 e. The van der Waals surface area contributed by atoms with Crippen LogP contribution in [-0.4, -0.2) is 42.3 Å². The molecular weight excluding hydrogens is 238 g/mol. The lowest BCUT2D eigenvalue weighted by molar-refractivity contribution is 0.0427. The van der Waals surface area contributed by atoms with E-state index in [1.807, 2.05) is 18.0 Å². The normalized spacial score (nSPS) is 11.9. The Kier molecular flexibility index (Phi) is 4.68. The summed E-state index contributed by atoms with van der Waals surface area (Å²) in [6.07, 6.45) is 0. The third kappa shape index (κ3) is 4.85. The molecule has 0 unspecified atom stereocenters. The zero-order valence-corrected chi connectivity index (χ0v) is 11.5. The van der Waals surface area contributed by atoms with Crippen LogP contribution in [0.15, 0.2) is 12.1 Å². The van der Waals surface area contributed by atoms with E-state index in [0.29, 0.717) is 18.0 Å². The van der Waals surface area contributed by atoms with E-state index in [2.05, 4.69) is 4.74 Å². The highest BCUT2D eigenvalue weighted by atomic mass is 32.1. The van der Waals surface area contributed by atoms with Crippen molar-refractivity contribution in [2.45, 2.75) is 26.0 Å². The summed E-state index contributed by atoms with van der Waals surface area (Å²) in [6, 6.07) is 3.68. The molecule has 0 saturated carbocycles. The largest absolute Gasteiger partial charge is 0.465 e. The van der Waals surface area contributed by atoms with Gasteiger partial charge in [-0.15, -0.1) is 11.3 Å². The van der Waals surface area contributed by atoms with Gasteiger partial charge in [0, 0.05) is 18.0 Å². The van der Waals surface area contributed by atoms with E-state index >= 15 is 0 Å². The number of hydrogen-bond acceptors (Lipinski definition) is 5. The van der Waals surface area contributed by atoms with Gasteiger partial charge < -0.3 is 9.84 Å². The van der Waals surface area contributed by atoms with Gasteiger partial charge in [-0.1, -0.05) is 0 Å². The molecule has 4 nitrogen and oxygen atoms in total. The first kappa shape index (κ1) is 14.2. The van der Waals surface area contributed by atoms with Gasteiger partial charge in [0.25, 0.3) is 0 Å². The Balaban J connectivity index is 2.57. The molecule has 96 valence electrons. The van der Waals surface area contributed by atoms with Crippen molar-refractivity contribution in [2.24, 2.45) is 0 Å². The Labute approximate surface area is 106 Å². The molecule has 1 aromatic rings. The van der Waals surface area contributed by atoms with Crippen molar-refractivity contribution in [1.29, 1.82) is 0 Å². The lowest BCUT2D eigenvalue weighted by Crippen LogP contribution is -2.35. The van der Waals surface area contributed by atoms with Gasteiger partial charge in [0.15, 0.2) is 0 Å². The van der Waals surface area contributed by atoms with Gasteiger partial charge in [0.1, 0.15) is 4.88 Å². The standard InChI is InChI=1S/C12H19NO3S/c1-12(2,15)8-13(3)7-9-5-6-10(17-9)11(14)16-4/h5-6,15H,7-8H2,1-4H3. The van der Waals surface area contributed by atoms with Crippen molar-refractivity contribution in [3.05, 3.63) is 21.9 Å². The van der Waals surface area contributed by atoms with Crippen LogP contribution < -0.4 is 0 Å². The van der Waals surface area contributed by atoms with Gasteiger partial charge in [-0.25, -0.2) is 4.79 Å². The van der Waals surface area contributed by atoms with E-state index in [4.69, 9.17) is 0 Å². The Hall–Kier alpha value is -0.910. The maximum Gasteiger partial charge on any atom is 0.348 e. The van der Waals surface area contributed by atoms with Crippen molar-refractivity contribution in [3.63, 3.8) is 0 Å². The second-order valence-corrected chi connectivity index (χ2v) is 5.91. The van der Waals surface area contributed by atoms with Crippen LogP contribution in [0.1, 0.15) is 28.4 Å². The number of thiophene rings is 1. The van der Waals surface area contributed by atoms with Crippen LogP contribution in [0.2, 0.25) is 0 Å². The van der Waals surface area contributed by atoms with Gasteiger partial charge in [-0.05, 0) is 33.0 Å². The van der Waals surface area contributed by atoms with Crippen LogP contribution >= 0.6 is 11.3 Å². The molecule has 0 saturated heterocycles. The molecule has 0 spiro atoms. The molecule has 0 amide bonds. The summed E-state index contributed by atoms with van der Waals surface area (Å²) < 4.78 is 4.65. The van der Waals surface area contributed by atoms with E-state index in [0.717, 1.165) is 4.88 Å². The minimum atomic E-state index is -0.711. The molecule has 17 heavy (non-hydrogen) atoms. The zero-order valence-electron chi connectivity index (χ0n) is 10.7. The number of likely N-dealkylation sites (N-methyl/N-ethyl adjacent to an activating group) is 1. The minimum absolute atomic E-state index is 0.300. The third-order valence-electron chi connectivity index (χ3n) is 2.13. The smallest absolute Gasteiger partial charge is 0.348 e. The number of methoxy groups -OCH3 is 1. The van der Waals surface area contributed by atoms with Crippen LogP contribution in [0.25, 0.3) is 0 Å². The van der Waals surface area contributed by atoms with E-state index < -0.39 is 5.60 Å². The topological polar surface area (TPSA) is 49.8 Å². The molecule has 1 N–H and O–H groups in total. The number of esters is 1. The second-order valence-electron chi connectivity index (χ2n) is 4.74. The number of carbonyl (C=O) groups is 1. The summed E-state index contributed by atoms with van der Waals surface area (Å²) in [5, 5.41) is 9.69. The number of rotatable bonds is 5. The molecule has 0 aromatic carbocycles. The number of hydrogen-bond donors (Lipinski definition) is 1. The maximum absolute atomic E-state index is 11.3. The average molecular weight is 257 g/mol. The zero-order chi connectivity index (χ0) is 13.1. The van der Waals surface area contributed by atoms with Gasteiger partial charge in [-0.2, -0.15) is 0 Å². The van der Waals surface area contributed by atoms with Crippen molar-refractivity contribution >= 4 is 17.3 Å². The summed E-state index contributed by atoms with van der Waals surface area (Å²) in [7, 11) is 3.32. The molecule has 0 aliphatic carbocycles. The molecule has 0 atom stereocenters. The van der Waals surface area contributed by atoms with Crippen molar-refractivity contribution in [3.8, 4) is 0 Å². The fourth-order valence-corrected chi connectivity index (χ4v) is 2.66. The summed E-state index contributed by atoms with van der Waals surface area (Å²) in [5.41, 5.74) is -0.711. The van der Waals surface area contributed by atoms with Gasteiger partial charge in [0.2, 0.25) is 0 Å². The lowest BCUT2D eigenvalue weighted by atomic mass is 10.1. The highest BCUT2D eigenvalue weighted by molar-refractivity contribution is 7.13. The van der Waals surface area contributed by atoms with E-state index in [1.165, 1.54) is 18.4 Å². The molecule has 0 aliphatic heterocycles. The van der Waals surface area contributed by atoms with E-state index in [9.17, 15) is 9.90 Å². The quantitative estimate of drug-likeness (QED) is 0.816. The first-order valence-corrected chi connectivity index (χ1v) is 6.21. The SMILES string of the molecule is COC(=O)c1ccc(CN(C)CC(C)(C)O)s1. The average Bonchev–Trinajstić information content (AvgIpc) is 2.62. The van der Waals surface area contributed by atoms with Crippen LogP contribution in [0.5, 0.6) is 0 Å². The van der Waals surface area contributed by atoms with E-state index in [-0.39, 0.29) is 5.97 Å². The number of ether oxygens (including phenoxy) is 1. The summed E-state index contributed by atoms with van der Waals surface area (Å²) in [6.45, 7) is 4.85. The molecule has 1 rings (SSSR count). The number of nitrogens with zero attached hydrogens (tertiary/aromatic N) is 1. The highest BCUT2D eigenvalue weighted by Crippen LogP contribution is 2.19. The summed E-state index contributed by atoms with van der Waals surface area (Å²) >= 11 is 1.42. The molecule has 0 radical (unpaired) electrons. The number of aliphatic hydroxyl groups is 1. The molecule has 0 bridgehead atoms. The monoisotopic (exact) mass is 257 g/mol. The molecule has 5 heteroatoms. The Morgan fingerprint density at radius 2 is 2.18 bits per heavy atom. The predicted molar refractivity (Wildman–Crippen MR) is 68.3 cm³/mol. The summed E-state index contributed by atoms with van der Waals surface area (Å²) in [4.78, 5) is 15.0. The van der Waals surface area contributed by atoms with Crippen LogP contribution in [0.3, 0.4) is 0 Å². The molecular formula is C12H19NO3S. The van der Waals surface area contributed by atoms with Crippen LogP contribution in [-0.2, 0) is 11.3 Å². The maximum atomic E-state index is 11.3. The van der Waals surface area contributed by atoms with E-state index in [1.54, 1.807) is 19.9 Å². The molecule has 0 fully saturated rings. The van der Waals surface area contributed by atoms with Gasteiger partial charge in [0.05, 0.1) is 12.7 Å². The Bertz CT molecular complexity index is 381. The summed E-state index contributed by atoms with van der Waals surface area (Å²) in [5.74, 6) is -0.300. The van der Waals surface area contributed by atoms with Crippen molar-refractivity contribution in [2.75, 3.05) is 20.7 Å². The molecule has 1 aromatic heterocycles. The van der Waals surface area contributed by atoms with Gasteiger partial charge >= 0.3 is 5.97 Å². The predicted octanol–water partition coefficient (Wildman–Crippen LogP) is 1.74. The Morgan fingerprint density at radius 3 is 2.71 bits per heavy atom. The third-order valence-corrected chi connectivity index (χ3v) is 3.18.